The number of ether oxygens (including phenoxy) is 2. The van der Waals surface area contributed by atoms with Gasteiger partial charge in [-0.1, -0.05) is 161 Å². The van der Waals surface area contributed by atoms with Gasteiger partial charge in [-0.15, -0.1) is 0 Å². The first-order valence-electron chi connectivity index (χ1n) is 20.6. The van der Waals surface area contributed by atoms with Crippen molar-refractivity contribution in [1.82, 2.24) is 0 Å². The predicted octanol–water partition coefficient (Wildman–Crippen LogP) is 14.0. The maximum absolute atomic E-state index is 12.4. The molecule has 0 spiro atoms. The lowest BCUT2D eigenvalue weighted by Crippen LogP contribution is -2.31. The molecule has 0 aromatic heterocycles. The molecule has 0 radical (unpaired) electrons. The molecular formula is C43H80O4. The summed E-state index contributed by atoms with van der Waals surface area (Å²) in [4.78, 5) is 24.8. The number of carbonyl (C=O) groups is 2. The van der Waals surface area contributed by atoms with Crippen molar-refractivity contribution in [3.63, 3.8) is 0 Å². The van der Waals surface area contributed by atoms with Crippen LogP contribution in [0.15, 0.2) is 24.3 Å². The lowest BCUT2D eigenvalue weighted by Gasteiger charge is -2.28. The van der Waals surface area contributed by atoms with Crippen LogP contribution in [-0.4, -0.2) is 25.2 Å². The maximum Gasteiger partial charge on any atom is 0.305 e. The molecule has 4 nitrogen and oxygen atoms in total. The fraction of sp³-hybridized carbons (Fsp3) is 0.860. The molecule has 0 aliphatic carbocycles. The number of allylic oxidation sites excluding steroid dienone is 4. The third kappa shape index (κ3) is 34.1. The highest BCUT2D eigenvalue weighted by Gasteiger charge is 2.27. The van der Waals surface area contributed by atoms with Gasteiger partial charge in [-0.3, -0.25) is 9.59 Å². The number of hydrogen-bond donors (Lipinski definition) is 0. The number of hydrogen-bond acceptors (Lipinski definition) is 4. The highest BCUT2D eigenvalue weighted by Crippen LogP contribution is 2.25. The van der Waals surface area contributed by atoms with E-state index in [1.54, 1.807) is 0 Å². The van der Waals surface area contributed by atoms with Gasteiger partial charge in [0.1, 0.15) is 0 Å². The van der Waals surface area contributed by atoms with E-state index in [9.17, 15) is 9.59 Å². The summed E-state index contributed by atoms with van der Waals surface area (Å²) >= 11 is 0. The average Bonchev–Trinajstić information content (AvgIpc) is 3.06. The molecule has 0 saturated heterocycles. The van der Waals surface area contributed by atoms with Crippen LogP contribution in [0, 0.1) is 5.41 Å². The van der Waals surface area contributed by atoms with Gasteiger partial charge in [-0.25, -0.2) is 0 Å². The lowest BCUT2D eigenvalue weighted by atomic mass is 9.87. The van der Waals surface area contributed by atoms with Gasteiger partial charge in [0.25, 0.3) is 0 Å². The molecule has 0 aliphatic heterocycles. The Morgan fingerprint density at radius 2 is 0.723 bits per heavy atom. The van der Waals surface area contributed by atoms with E-state index in [1.807, 2.05) is 0 Å². The summed E-state index contributed by atoms with van der Waals surface area (Å²) in [6.45, 7) is 9.38. The van der Waals surface area contributed by atoms with Gasteiger partial charge in [-0.2, -0.15) is 0 Å². The topological polar surface area (TPSA) is 52.6 Å². The monoisotopic (exact) mass is 661 g/mol. The minimum absolute atomic E-state index is 0.121. The third-order valence-electron chi connectivity index (χ3n) is 9.30. The summed E-state index contributed by atoms with van der Waals surface area (Å²) in [7, 11) is 0. The fourth-order valence-electron chi connectivity index (χ4n) is 6.12. The van der Waals surface area contributed by atoms with Gasteiger partial charge >= 0.3 is 11.9 Å². The van der Waals surface area contributed by atoms with E-state index in [4.69, 9.17) is 9.47 Å². The molecule has 0 rings (SSSR count). The molecule has 0 N–H and O–H groups in total. The van der Waals surface area contributed by atoms with Crippen molar-refractivity contribution < 1.29 is 19.1 Å². The van der Waals surface area contributed by atoms with E-state index in [1.165, 1.54) is 141 Å². The van der Waals surface area contributed by atoms with E-state index in [-0.39, 0.29) is 17.4 Å². The Hall–Kier alpha value is -1.58. The second-order valence-corrected chi connectivity index (χ2v) is 14.6. The van der Waals surface area contributed by atoms with E-state index < -0.39 is 0 Å². The molecule has 276 valence electrons. The van der Waals surface area contributed by atoms with Crippen molar-refractivity contribution in [3.05, 3.63) is 24.3 Å². The number of unbranched alkanes of at least 4 members (excludes halogenated alkanes) is 22. The standard InChI is InChI=1S/C43H80O4/c1-5-8-10-12-14-16-18-20-22-24-26-28-30-32-34-36-41(44)46-39-43(4,38-7-3)40-47-42(45)37-35-33-31-29-27-25-23-21-19-17-15-13-11-9-6-2/h20-23H,5-19,24-40H2,1-4H3/b22-20-,23-21-. The lowest BCUT2D eigenvalue weighted by molar-refractivity contribution is -0.153. The minimum Gasteiger partial charge on any atom is -0.465 e. The summed E-state index contributed by atoms with van der Waals surface area (Å²) in [6.07, 6.45) is 44.7. The highest BCUT2D eigenvalue weighted by atomic mass is 16.5. The molecule has 0 aliphatic rings. The molecule has 0 aromatic rings. The summed E-state index contributed by atoms with van der Waals surface area (Å²) in [6, 6.07) is 0. The summed E-state index contributed by atoms with van der Waals surface area (Å²) < 4.78 is 11.3. The van der Waals surface area contributed by atoms with E-state index in [2.05, 4.69) is 52.0 Å². The quantitative estimate of drug-likeness (QED) is 0.0381. The molecule has 0 unspecified atom stereocenters. The van der Waals surface area contributed by atoms with Crippen molar-refractivity contribution in [2.75, 3.05) is 13.2 Å². The van der Waals surface area contributed by atoms with Crippen LogP contribution in [0.3, 0.4) is 0 Å². The van der Waals surface area contributed by atoms with Crippen LogP contribution < -0.4 is 0 Å². The van der Waals surface area contributed by atoms with Crippen molar-refractivity contribution in [2.45, 2.75) is 220 Å². The number of carbonyl (C=O) groups excluding carboxylic acids is 2. The number of rotatable bonds is 36. The Kier molecular flexibility index (Phi) is 34.5. The van der Waals surface area contributed by atoms with Crippen LogP contribution in [0.4, 0.5) is 0 Å². The first-order chi connectivity index (χ1) is 23.0. The van der Waals surface area contributed by atoms with E-state index in [0.717, 1.165) is 38.5 Å². The predicted molar refractivity (Wildman–Crippen MR) is 204 cm³/mol. The van der Waals surface area contributed by atoms with Gasteiger partial charge in [0, 0.05) is 18.3 Å². The van der Waals surface area contributed by atoms with Gasteiger partial charge in [0.15, 0.2) is 0 Å². The van der Waals surface area contributed by atoms with Crippen LogP contribution in [0.25, 0.3) is 0 Å². The van der Waals surface area contributed by atoms with Gasteiger partial charge in [0.05, 0.1) is 13.2 Å². The zero-order valence-corrected chi connectivity index (χ0v) is 32.1. The van der Waals surface area contributed by atoms with E-state index >= 15 is 0 Å². The molecule has 0 bridgehead atoms. The molecule has 0 amide bonds. The molecule has 0 atom stereocenters. The van der Waals surface area contributed by atoms with Gasteiger partial charge < -0.3 is 9.47 Å². The third-order valence-corrected chi connectivity index (χ3v) is 9.30. The molecule has 0 saturated carbocycles. The second kappa shape index (κ2) is 35.7. The summed E-state index contributed by atoms with van der Waals surface area (Å²) in [5.74, 6) is -0.242. The molecule has 0 heterocycles. The smallest absolute Gasteiger partial charge is 0.305 e. The van der Waals surface area contributed by atoms with Gasteiger partial charge in [0.2, 0.25) is 0 Å². The molecule has 0 aromatic carbocycles. The second-order valence-electron chi connectivity index (χ2n) is 14.6. The fourth-order valence-corrected chi connectivity index (χ4v) is 6.12. The molecular weight excluding hydrogens is 580 g/mol. The Morgan fingerprint density at radius 1 is 0.426 bits per heavy atom. The van der Waals surface area contributed by atoms with Gasteiger partial charge in [-0.05, 0) is 70.6 Å². The Labute approximate surface area is 293 Å². The average molecular weight is 661 g/mol. The first-order valence-corrected chi connectivity index (χ1v) is 20.6. The van der Waals surface area contributed by atoms with Crippen molar-refractivity contribution in [1.29, 1.82) is 0 Å². The Morgan fingerprint density at radius 3 is 1.04 bits per heavy atom. The zero-order valence-electron chi connectivity index (χ0n) is 32.1. The molecule has 4 heteroatoms. The van der Waals surface area contributed by atoms with Crippen LogP contribution in [0.5, 0.6) is 0 Å². The maximum atomic E-state index is 12.4. The molecule has 0 fully saturated rings. The summed E-state index contributed by atoms with van der Waals surface area (Å²) in [5.41, 5.74) is -0.314. The van der Waals surface area contributed by atoms with Crippen molar-refractivity contribution in [3.8, 4) is 0 Å². The summed E-state index contributed by atoms with van der Waals surface area (Å²) in [5, 5.41) is 0. The van der Waals surface area contributed by atoms with Crippen LogP contribution in [-0.2, 0) is 19.1 Å². The normalized spacial score (nSPS) is 12.0. The first kappa shape index (κ1) is 45.4. The Bertz CT molecular complexity index is 684. The van der Waals surface area contributed by atoms with Crippen molar-refractivity contribution in [2.24, 2.45) is 5.41 Å². The van der Waals surface area contributed by atoms with E-state index in [0.29, 0.717) is 26.1 Å². The Balaban J connectivity index is 3.79. The zero-order chi connectivity index (χ0) is 34.5. The van der Waals surface area contributed by atoms with Crippen LogP contribution in [0.1, 0.15) is 220 Å². The minimum atomic E-state index is -0.314. The number of esters is 2. The van der Waals surface area contributed by atoms with Crippen LogP contribution in [0.2, 0.25) is 0 Å². The van der Waals surface area contributed by atoms with Crippen LogP contribution >= 0.6 is 0 Å². The molecule has 47 heavy (non-hydrogen) atoms. The largest absolute Gasteiger partial charge is 0.465 e. The van der Waals surface area contributed by atoms with Crippen molar-refractivity contribution >= 4 is 11.9 Å². The highest BCUT2D eigenvalue weighted by molar-refractivity contribution is 5.69. The SMILES string of the molecule is CCCCCCCC/C=C\CCCCCCCC(=O)OCC(C)(CCC)COC(=O)CCCCCCC/C=C\CCCCCCCC.